The van der Waals surface area contributed by atoms with Gasteiger partial charge in [0.1, 0.15) is 5.75 Å². The van der Waals surface area contributed by atoms with E-state index in [2.05, 4.69) is 16.0 Å². The summed E-state index contributed by atoms with van der Waals surface area (Å²) in [6, 6.07) is 4.25. The molecule has 4 N–H and O–H groups in total. The van der Waals surface area contributed by atoms with Crippen LogP contribution in [0.15, 0.2) is 18.2 Å². The Morgan fingerprint density at radius 2 is 1.92 bits per heavy atom. The first kappa shape index (κ1) is 19.8. The number of amides is 3. The summed E-state index contributed by atoms with van der Waals surface area (Å²) in [4.78, 5) is 34.2. The summed E-state index contributed by atoms with van der Waals surface area (Å²) in [5, 5.41) is 16.7. The molecule has 1 saturated carbocycles. The maximum atomic E-state index is 11.9. The lowest BCUT2D eigenvalue weighted by atomic mass is 9.96. The number of urea groups is 1. The number of carbonyl (C=O) groups excluding carboxylic acids is 2. The molecule has 0 atom stereocenters. The predicted molar refractivity (Wildman–Crippen MR) is 96.6 cm³/mol. The van der Waals surface area contributed by atoms with Crippen LogP contribution in [0.1, 0.15) is 32.1 Å². The van der Waals surface area contributed by atoms with Crippen molar-refractivity contribution in [3.8, 4) is 5.75 Å². The lowest BCUT2D eigenvalue weighted by molar-refractivity contribution is -0.139. The van der Waals surface area contributed by atoms with E-state index in [-0.39, 0.29) is 29.4 Å². The van der Waals surface area contributed by atoms with E-state index in [1.807, 2.05) is 0 Å². The fourth-order valence-corrected chi connectivity index (χ4v) is 2.92. The number of benzene rings is 1. The SMILES string of the molecule is O=C(O)COc1ccc(NC(=O)CNC(=O)NC2CCCCC2)cc1Cl. The Hall–Kier alpha value is -2.48. The zero-order valence-electron chi connectivity index (χ0n) is 14.2. The van der Waals surface area contributed by atoms with Crippen molar-refractivity contribution in [2.24, 2.45) is 0 Å². The summed E-state index contributed by atoms with van der Waals surface area (Å²) in [6.45, 7) is -0.682. The van der Waals surface area contributed by atoms with E-state index in [9.17, 15) is 14.4 Å². The molecule has 26 heavy (non-hydrogen) atoms. The normalized spacial score (nSPS) is 14.3. The Balaban J connectivity index is 1.75. The minimum absolute atomic E-state index is 0.170. The molecule has 0 bridgehead atoms. The van der Waals surface area contributed by atoms with Crippen molar-refractivity contribution in [2.45, 2.75) is 38.1 Å². The van der Waals surface area contributed by atoms with Gasteiger partial charge < -0.3 is 25.8 Å². The van der Waals surface area contributed by atoms with Gasteiger partial charge in [0.05, 0.1) is 11.6 Å². The molecule has 0 spiro atoms. The summed E-state index contributed by atoms with van der Waals surface area (Å²) >= 11 is 5.98. The first-order chi connectivity index (χ1) is 12.4. The molecular formula is C17H22ClN3O5. The molecule has 142 valence electrons. The van der Waals surface area contributed by atoms with Crippen LogP contribution in [0.2, 0.25) is 5.02 Å². The van der Waals surface area contributed by atoms with Gasteiger partial charge >= 0.3 is 12.0 Å². The molecule has 0 unspecified atom stereocenters. The van der Waals surface area contributed by atoms with Crippen LogP contribution in [0, 0.1) is 0 Å². The summed E-state index contributed by atoms with van der Waals surface area (Å²) in [6.07, 6.45) is 5.35. The van der Waals surface area contributed by atoms with Crippen molar-refractivity contribution in [3.05, 3.63) is 23.2 Å². The van der Waals surface area contributed by atoms with Gasteiger partial charge in [-0.1, -0.05) is 30.9 Å². The smallest absolute Gasteiger partial charge is 0.341 e. The van der Waals surface area contributed by atoms with Crippen molar-refractivity contribution < 1.29 is 24.2 Å². The Labute approximate surface area is 156 Å². The fraction of sp³-hybridized carbons (Fsp3) is 0.471. The summed E-state index contributed by atoms with van der Waals surface area (Å²) < 4.78 is 5.00. The van der Waals surface area contributed by atoms with Crippen LogP contribution < -0.4 is 20.7 Å². The van der Waals surface area contributed by atoms with Gasteiger partial charge in [0.2, 0.25) is 5.91 Å². The molecule has 0 heterocycles. The van der Waals surface area contributed by atoms with E-state index >= 15 is 0 Å². The quantitative estimate of drug-likeness (QED) is 0.576. The molecule has 0 saturated heterocycles. The summed E-state index contributed by atoms with van der Waals surface area (Å²) in [7, 11) is 0. The second-order valence-corrected chi connectivity index (χ2v) is 6.44. The van der Waals surface area contributed by atoms with Crippen LogP contribution in [0.5, 0.6) is 5.75 Å². The van der Waals surface area contributed by atoms with Gasteiger partial charge in [-0.05, 0) is 31.0 Å². The number of anilines is 1. The molecule has 0 aromatic heterocycles. The molecule has 1 aromatic carbocycles. The molecule has 3 amide bonds. The summed E-state index contributed by atoms with van der Waals surface area (Å²) in [5.74, 6) is -1.31. The van der Waals surface area contributed by atoms with Crippen LogP contribution in [0.4, 0.5) is 10.5 Å². The molecule has 1 aliphatic rings. The van der Waals surface area contributed by atoms with Gasteiger partial charge in [0.15, 0.2) is 6.61 Å². The highest BCUT2D eigenvalue weighted by atomic mass is 35.5. The Morgan fingerprint density at radius 3 is 2.58 bits per heavy atom. The third-order valence-corrected chi connectivity index (χ3v) is 4.21. The zero-order chi connectivity index (χ0) is 18.9. The molecule has 0 aliphatic heterocycles. The topological polar surface area (TPSA) is 117 Å². The Kier molecular flexibility index (Phi) is 7.53. The van der Waals surface area contributed by atoms with E-state index in [1.165, 1.54) is 24.6 Å². The van der Waals surface area contributed by atoms with Crippen molar-refractivity contribution in [1.82, 2.24) is 10.6 Å². The highest BCUT2D eigenvalue weighted by Gasteiger charge is 2.16. The van der Waals surface area contributed by atoms with Gasteiger partial charge in [-0.2, -0.15) is 0 Å². The number of hydrogen-bond donors (Lipinski definition) is 4. The molecule has 1 fully saturated rings. The van der Waals surface area contributed by atoms with Crippen LogP contribution in [0.25, 0.3) is 0 Å². The largest absolute Gasteiger partial charge is 0.480 e. The van der Waals surface area contributed by atoms with E-state index in [0.29, 0.717) is 5.69 Å². The molecular weight excluding hydrogens is 362 g/mol. The Bertz CT molecular complexity index is 662. The third-order valence-electron chi connectivity index (χ3n) is 3.92. The number of nitrogens with one attached hydrogen (secondary N) is 3. The second kappa shape index (κ2) is 9.86. The highest BCUT2D eigenvalue weighted by molar-refractivity contribution is 6.32. The number of hydrogen-bond acceptors (Lipinski definition) is 4. The number of carboxylic acid groups (broad SMARTS) is 1. The predicted octanol–water partition coefficient (Wildman–Crippen LogP) is 2.37. The van der Waals surface area contributed by atoms with Gasteiger partial charge in [-0.3, -0.25) is 4.79 Å². The zero-order valence-corrected chi connectivity index (χ0v) is 15.0. The number of halogens is 1. The minimum Gasteiger partial charge on any atom is -0.480 e. The van der Waals surface area contributed by atoms with Gasteiger partial charge in [-0.15, -0.1) is 0 Å². The van der Waals surface area contributed by atoms with E-state index in [0.717, 1.165) is 25.7 Å². The van der Waals surface area contributed by atoms with Gasteiger partial charge in [0, 0.05) is 11.7 Å². The van der Waals surface area contributed by atoms with Crippen LogP contribution >= 0.6 is 11.6 Å². The molecule has 8 nitrogen and oxygen atoms in total. The lowest BCUT2D eigenvalue weighted by Gasteiger charge is -2.22. The molecule has 2 rings (SSSR count). The number of ether oxygens (including phenoxy) is 1. The first-order valence-corrected chi connectivity index (χ1v) is 8.80. The number of carboxylic acids is 1. The molecule has 9 heteroatoms. The molecule has 1 aliphatic carbocycles. The average molecular weight is 384 g/mol. The summed E-state index contributed by atoms with van der Waals surface area (Å²) in [5.41, 5.74) is 0.414. The van der Waals surface area contributed by atoms with Crippen molar-refractivity contribution in [2.75, 3.05) is 18.5 Å². The third kappa shape index (κ3) is 6.79. The first-order valence-electron chi connectivity index (χ1n) is 8.42. The molecule has 0 radical (unpaired) electrons. The van der Waals surface area contributed by atoms with Crippen molar-refractivity contribution in [3.63, 3.8) is 0 Å². The number of carbonyl (C=O) groups is 3. The van der Waals surface area contributed by atoms with E-state index < -0.39 is 18.5 Å². The highest BCUT2D eigenvalue weighted by Crippen LogP contribution is 2.27. The van der Waals surface area contributed by atoms with E-state index in [1.54, 1.807) is 0 Å². The van der Waals surface area contributed by atoms with Crippen molar-refractivity contribution in [1.29, 1.82) is 0 Å². The van der Waals surface area contributed by atoms with Crippen molar-refractivity contribution >= 4 is 35.2 Å². The maximum absolute atomic E-state index is 11.9. The van der Waals surface area contributed by atoms with Gasteiger partial charge in [0.25, 0.3) is 0 Å². The second-order valence-electron chi connectivity index (χ2n) is 6.04. The van der Waals surface area contributed by atoms with Crippen LogP contribution in [-0.2, 0) is 9.59 Å². The van der Waals surface area contributed by atoms with Crippen LogP contribution in [-0.4, -0.2) is 42.2 Å². The van der Waals surface area contributed by atoms with Crippen LogP contribution in [0.3, 0.4) is 0 Å². The van der Waals surface area contributed by atoms with Gasteiger partial charge in [-0.25, -0.2) is 9.59 Å². The number of rotatable bonds is 7. The number of aliphatic carboxylic acids is 1. The Morgan fingerprint density at radius 1 is 1.19 bits per heavy atom. The standard InChI is InChI=1S/C17H22ClN3O5/c18-13-8-12(6-7-14(13)26-10-16(23)24)20-15(22)9-19-17(25)21-11-4-2-1-3-5-11/h6-8,11H,1-5,9-10H2,(H,20,22)(H,23,24)(H2,19,21,25). The lowest BCUT2D eigenvalue weighted by Crippen LogP contribution is -2.45. The minimum atomic E-state index is -1.11. The maximum Gasteiger partial charge on any atom is 0.341 e. The monoisotopic (exact) mass is 383 g/mol. The molecule has 1 aromatic rings. The van der Waals surface area contributed by atoms with E-state index in [4.69, 9.17) is 21.4 Å². The average Bonchev–Trinajstić information content (AvgIpc) is 2.60. The fourth-order valence-electron chi connectivity index (χ4n) is 2.68.